The number of aromatic hydroxyl groups is 1. The van der Waals surface area contributed by atoms with Crippen LogP contribution in [0.25, 0.3) is 16.9 Å². The Morgan fingerprint density at radius 1 is 1.18 bits per heavy atom. The van der Waals surface area contributed by atoms with Gasteiger partial charge in [0.25, 0.3) is 0 Å². The number of benzene rings is 1. The standard InChI is InChI=1S/C12H10N4O/c13-11-5-6-14-12-7-9(15-16(11)12)8-3-1-2-4-10(8)17/h1-7,17H,13H2. The lowest BCUT2D eigenvalue weighted by atomic mass is 10.1. The first-order chi connectivity index (χ1) is 8.25. The summed E-state index contributed by atoms with van der Waals surface area (Å²) >= 11 is 0. The molecular formula is C12H10N4O. The van der Waals surface area contributed by atoms with E-state index in [2.05, 4.69) is 10.1 Å². The van der Waals surface area contributed by atoms with E-state index >= 15 is 0 Å². The average molecular weight is 226 g/mol. The lowest BCUT2D eigenvalue weighted by Gasteiger charge is -1.99. The number of anilines is 1. The third-order valence-electron chi connectivity index (χ3n) is 2.57. The molecule has 0 aliphatic rings. The number of phenolic OH excluding ortho intramolecular Hbond substituents is 1. The van der Waals surface area contributed by atoms with Crippen LogP contribution in [0.3, 0.4) is 0 Å². The van der Waals surface area contributed by atoms with E-state index in [1.165, 1.54) is 0 Å². The molecule has 0 unspecified atom stereocenters. The Labute approximate surface area is 97.1 Å². The van der Waals surface area contributed by atoms with E-state index in [1.807, 2.05) is 6.07 Å². The Balaban J connectivity index is 2.26. The lowest BCUT2D eigenvalue weighted by Crippen LogP contribution is -1.98. The quantitative estimate of drug-likeness (QED) is 0.662. The first kappa shape index (κ1) is 9.65. The van der Waals surface area contributed by atoms with Crippen LogP contribution < -0.4 is 5.73 Å². The summed E-state index contributed by atoms with van der Waals surface area (Å²) in [7, 11) is 0. The van der Waals surface area contributed by atoms with Crippen LogP contribution in [-0.2, 0) is 0 Å². The molecule has 17 heavy (non-hydrogen) atoms. The Hall–Kier alpha value is -2.56. The van der Waals surface area contributed by atoms with Gasteiger partial charge in [-0.05, 0) is 18.2 Å². The molecule has 0 saturated carbocycles. The van der Waals surface area contributed by atoms with E-state index in [-0.39, 0.29) is 5.75 Å². The number of para-hydroxylation sites is 1. The van der Waals surface area contributed by atoms with Crippen molar-refractivity contribution in [3.63, 3.8) is 0 Å². The van der Waals surface area contributed by atoms with Crippen LogP contribution in [0.15, 0.2) is 42.6 Å². The SMILES string of the molecule is Nc1ccnc2cc(-c3ccccc3O)nn12. The van der Waals surface area contributed by atoms with Crippen molar-refractivity contribution in [2.45, 2.75) is 0 Å². The maximum Gasteiger partial charge on any atom is 0.157 e. The van der Waals surface area contributed by atoms with Gasteiger partial charge in [-0.2, -0.15) is 9.61 Å². The molecule has 3 aromatic rings. The van der Waals surface area contributed by atoms with Crippen LogP contribution in [0.4, 0.5) is 5.82 Å². The zero-order valence-electron chi connectivity index (χ0n) is 8.91. The normalized spacial score (nSPS) is 10.8. The second-order valence-corrected chi connectivity index (χ2v) is 3.69. The Morgan fingerprint density at radius 2 is 2.00 bits per heavy atom. The van der Waals surface area contributed by atoms with Crippen molar-refractivity contribution in [2.24, 2.45) is 0 Å². The zero-order chi connectivity index (χ0) is 11.8. The molecule has 1 aromatic carbocycles. The predicted octanol–water partition coefficient (Wildman–Crippen LogP) is 1.68. The monoisotopic (exact) mass is 226 g/mol. The summed E-state index contributed by atoms with van der Waals surface area (Å²) in [6, 6.07) is 10.5. The first-order valence-electron chi connectivity index (χ1n) is 5.14. The first-order valence-corrected chi connectivity index (χ1v) is 5.14. The summed E-state index contributed by atoms with van der Waals surface area (Å²) in [5.41, 5.74) is 7.75. The van der Waals surface area contributed by atoms with Crippen LogP contribution >= 0.6 is 0 Å². The molecule has 0 bridgehead atoms. The second kappa shape index (κ2) is 3.48. The number of nitrogens with two attached hydrogens (primary N) is 1. The highest BCUT2D eigenvalue weighted by Gasteiger charge is 2.09. The number of fused-ring (bicyclic) bond motifs is 1. The Bertz CT molecular complexity index is 690. The van der Waals surface area contributed by atoms with Gasteiger partial charge in [0.05, 0.1) is 5.69 Å². The van der Waals surface area contributed by atoms with Crippen molar-refractivity contribution in [1.29, 1.82) is 0 Å². The molecule has 0 saturated heterocycles. The van der Waals surface area contributed by atoms with E-state index in [1.54, 1.807) is 41.0 Å². The highest BCUT2D eigenvalue weighted by Crippen LogP contribution is 2.28. The molecule has 5 heteroatoms. The van der Waals surface area contributed by atoms with Crippen molar-refractivity contribution >= 4 is 11.5 Å². The summed E-state index contributed by atoms with van der Waals surface area (Å²) in [6.07, 6.45) is 1.63. The van der Waals surface area contributed by atoms with Gasteiger partial charge in [-0.3, -0.25) is 0 Å². The number of aromatic nitrogens is 3. The topological polar surface area (TPSA) is 76.4 Å². The third kappa shape index (κ3) is 1.48. The van der Waals surface area contributed by atoms with E-state index in [9.17, 15) is 5.11 Å². The zero-order valence-corrected chi connectivity index (χ0v) is 8.91. The van der Waals surface area contributed by atoms with Gasteiger partial charge in [-0.15, -0.1) is 0 Å². The van der Waals surface area contributed by atoms with Crippen molar-refractivity contribution in [3.8, 4) is 17.0 Å². The minimum Gasteiger partial charge on any atom is -0.507 e. The van der Waals surface area contributed by atoms with Crippen LogP contribution in [0, 0.1) is 0 Å². The van der Waals surface area contributed by atoms with Gasteiger partial charge in [0.15, 0.2) is 5.65 Å². The van der Waals surface area contributed by atoms with Gasteiger partial charge < -0.3 is 10.8 Å². The van der Waals surface area contributed by atoms with Gasteiger partial charge in [-0.1, -0.05) is 12.1 Å². The van der Waals surface area contributed by atoms with Crippen molar-refractivity contribution in [2.75, 3.05) is 5.73 Å². The summed E-state index contributed by atoms with van der Waals surface area (Å²) in [6.45, 7) is 0. The summed E-state index contributed by atoms with van der Waals surface area (Å²) < 4.78 is 1.54. The maximum absolute atomic E-state index is 9.76. The highest BCUT2D eigenvalue weighted by atomic mass is 16.3. The molecule has 2 aromatic heterocycles. The molecule has 0 aliphatic carbocycles. The minimum absolute atomic E-state index is 0.189. The van der Waals surface area contributed by atoms with Gasteiger partial charge in [-0.25, -0.2) is 4.98 Å². The third-order valence-corrected chi connectivity index (χ3v) is 2.57. The van der Waals surface area contributed by atoms with Gasteiger partial charge >= 0.3 is 0 Å². The number of hydrogen-bond acceptors (Lipinski definition) is 4. The Kier molecular flexibility index (Phi) is 1.98. The summed E-state index contributed by atoms with van der Waals surface area (Å²) in [5, 5.41) is 14.1. The minimum atomic E-state index is 0.189. The largest absolute Gasteiger partial charge is 0.507 e. The van der Waals surface area contributed by atoms with E-state index in [4.69, 9.17) is 5.73 Å². The molecule has 84 valence electrons. The molecule has 2 heterocycles. The number of nitrogen functional groups attached to an aromatic ring is 1. The molecular weight excluding hydrogens is 216 g/mol. The summed E-state index contributed by atoms with van der Waals surface area (Å²) in [4.78, 5) is 4.16. The highest BCUT2D eigenvalue weighted by molar-refractivity contribution is 5.70. The van der Waals surface area contributed by atoms with E-state index in [0.29, 0.717) is 22.7 Å². The van der Waals surface area contributed by atoms with Crippen molar-refractivity contribution < 1.29 is 5.11 Å². The van der Waals surface area contributed by atoms with Crippen LogP contribution in [-0.4, -0.2) is 19.7 Å². The number of phenols is 1. The lowest BCUT2D eigenvalue weighted by molar-refractivity contribution is 0.477. The molecule has 0 spiro atoms. The van der Waals surface area contributed by atoms with Crippen LogP contribution in [0.5, 0.6) is 5.75 Å². The molecule has 0 fully saturated rings. The molecule has 3 rings (SSSR count). The molecule has 0 aliphatic heterocycles. The predicted molar refractivity (Wildman–Crippen MR) is 64.5 cm³/mol. The maximum atomic E-state index is 9.76. The fourth-order valence-electron chi connectivity index (χ4n) is 1.74. The van der Waals surface area contributed by atoms with Gasteiger partial charge in [0.1, 0.15) is 11.6 Å². The smallest absolute Gasteiger partial charge is 0.157 e. The average Bonchev–Trinajstić information content (AvgIpc) is 2.75. The van der Waals surface area contributed by atoms with Crippen LogP contribution in [0.1, 0.15) is 0 Å². The van der Waals surface area contributed by atoms with Crippen molar-refractivity contribution in [1.82, 2.24) is 14.6 Å². The second-order valence-electron chi connectivity index (χ2n) is 3.69. The molecule has 3 N–H and O–H groups in total. The molecule has 0 atom stereocenters. The van der Waals surface area contributed by atoms with Crippen molar-refractivity contribution in [3.05, 3.63) is 42.6 Å². The number of rotatable bonds is 1. The number of nitrogens with zero attached hydrogens (tertiary/aromatic N) is 3. The molecule has 0 radical (unpaired) electrons. The van der Waals surface area contributed by atoms with Crippen LogP contribution in [0.2, 0.25) is 0 Å². The fraction of sp³-hybridized carbons (Fsp3) is 0. The van der Waals surface area contributed by atoms with E-state index in [0.717, 1.165) is 0 Å². The summed E-state index contributed by atoms with van der Waals surface area (Å²) in [5.74, 6) is 0.700. The van der Waals surface area contributed by atoms with E-state index < -0.39 is 0 Å². The van der Waals surface area contributed by atoms with Gasteiger partial charge in [0.2, 0.25) is 0 Å². The Morgan fingerprint density at radius 3 is 2.76 bits per heavy atom. The molecule has 0 amide bonds. The number of hydrogen-bond donors (Lipinski definition) is 2. The molecule has 5 nitrogen and oxygen atoms in total. The van der Waals surface area contributed by atoms with Gasteiger partial charge in [0, 0.05) is 17.8 Å². The fourth-order valence-corrected chi connectivity index (χ4v) is 1.74.